The number of carbonyl (C=O) groups is 1. The quantitative estimate of drug-likeness (QED) is 0.881. The summed E-state index contributed by atoms with van der Waals surface area (Å²) in [5.41, 5.74) is 2.37. The molecule has 0 saturated carbocycles. The van der Waals surface area contributed by atoms with Gasteiger partial charge in [-0.2, -0.15) is 5.26 Å². The average molecular weight is 282 g/mol. The molecule has 0 heterocycles. The van der Waals surface area contributed by atoms with E-state index in [4.69, 9.17) is 15.1 Å². The zero-order valence-electron chi connectivity index (χ0n) is 11.5. The van der Waals surface area contributed by atoms with Crippen molar-refractivity contribution in [3.05, 3.63) is 59.2 Å². The molecule has 0 fully saturated rings. The van der Waals surface area contributed by atoms with Crippen molar-refractivity contribution in [1.29, 1.82) is 5.26 Å². The number of carboxylic acid groups (broad SMARTS) is 1. The summed E-state index contributed by atoms with van der Waals surface area (Å²) in [6.45, 7) is 0.462. The normalized spacial score (nSPS) is 9.71. The summed E-state index contributed by atoms with van der Waals surface area (Å²) in [6.07, 6.45) is 0. The van der Waals surface area contributed by atoms with Crippen LogP contribution in [0.15, 0.2) is 42.5 Å². The molecular weight excluding hydrogens is 268 g/mol. The van der Waals surface area contributed by atoms with Gasteiger partial charge in [0, 0.05) is 12.6 Å². The number of hydrogen-bond donors (Lipinski definition) is 2. The molecule has 106 valence electrons. The molecule has 0 aromatic heterocycles. The number of methoxy groups -OCH3 is 1. The summed E-state index contributed by atoms with van der Waals surface area (Å²) in [5, 5.41) is 21.0. The van der Waals surface area contributed by atoms with Gasteiger partial charge in [-0.15, -0.1) is 0 Å². The van der Waals surface area contributed by atoms with E-state index in [9.17, 15) is 4.79 Å². The number of anilines is 1. The van der Waals surface area contributed by atoms with Gasteiger partial charge in [0.1, 0.15) is 5.75 Å². The highest BCUT2D eigenvalue weighted by Crippen LogP contribution is 2.25. The number of ether oxygens (including phenoxy) is 1. The van der Waals surface area contributed by atoms with E-state index in [0.29, 0.717) is 17.9 Å². The second-order valence-corrected chi connectivity index (χ2v) is 4.39. The third-order valence-corrected chi connectivity index (χ3v) is 2.99. The maximum absolute atomic E-state index is 10.9. The molecular formula is C16H14N2O3. The lowest BCUT2D eigenvalue weighted by Crippen LogP contribution is -2.03. The van der Waals surface area contributed by atoms with E-state index >= 15 is 0 Å². The van der Waals surface area contributed by atoms with Crippen molar-refractivity contribution < 1.29 is 14.6 Å². The average Bonchev–Trinajstić information content (AvgIpc) is 2.53. The largest absolute Gasteiger partial charge is 0.495 e. The van der Waals surface area contributed by atoms with Crippen molar-refractivity contribution in [3.63, 3.8) is 0 Å². The van der Waals surface area contributed by atoms with Crippen LogP contribution in [0.2, 0.25) is 0 Å². The molecule has 5 nitrogen and oxygen atoms in total. The molecule has 5 heteroatoms. The van der Waals surface area contributed by atoms with Crippen molar-refractivity contribution in [1.82, 2.24) is 0 Å². The van der Waals surface area contributed by atoms with Crippen LogP contribution in [0.3, 0.4) is 0 Å². The fourth-order valence-corrected chi connectivity index (χ4v) is 1.92. The molecule has 0 radical (unpaired) electrons. The third-order valence-electron chi connectivity index (χ3n) is 2.99. The minimum absolute atomic E-state index is 0.251. The lowest BCUT2D eigenvalue weighted by Gasteiger charge is -2.11. The fourth-order valence-electron chi connectivity index (χ4n) is 1.92. The monoisotopic (exact) mass is 282 g/mol. The number of hydrogen-bond acceptors (Lipinski definition) is 4. The number of rotatable bonds is 5. The highest BCUT2D eigenvalue weighted by Gasteiger charge is 2.06. The standard InChI is InChI=1S/C16H14N2O3/c1-21-15-8-11(9-17)5-6-14(15)18-10-12-3-2-4-13(7-12)16(19)20/h2-8,18H,10H2,1H3,(H,19,20). The summed E-state index contributed by atoms with van der Waals surface area (Å²) >= 11 is 0. The van der Waals surface area contributed by atoms with Gasteiger partial charge >= 0.3 is 5.97 Å². The molecule has 2 N–H and O–H groups in total. The SMILES string of the molecule is COc1cc(C#N)ccc1NCc1cccc(C(=O)O)c1. The number of carboxylic acids is 1. The number of nitrogens with one attached hydrogen (secondary N) is 1. The Morgan fingerprint density at radius 2 is 2.14 bits per heavy atom. The van der Waals surface area contributed by atoms with E-state index in [2.05, 4.69) is 5.32 Å². The van der Waals surface area contributed by atoms with E-state index in [-0.39, 0.29) is 5.56 Å². The number of aromatic carboxylic acids is 1. The summed E-state index contributed by atoms with van der Waals surface area (Å²) in [7, 11) is 1.53. The second-order valence-electron chi connectivity index (χ2n) is 4.39. The van der Waals surface area contributed by atoms with E-state index < -0.39 is 5.97 Å². The van der Waals surface area contributed by atoms with Gasteiger partial charge in [0.25, 0.3) is 0 Å². The molecule has 2 aromatic carbocycles. The zero-order valence-corrected chi connectivity index (χ0v) is 11.5. The molecule has 0 amide bonds. The predicted octanol–water partition coefficient (Wildman–Crippen LogP) is 2.88. The molecule has 21 heavy (non-hydrogen) atoms. The molecule has 2 aromatic rings. The van der Waals surface area contributed by atoms with E-state index in [1.165, 1.54) is 7.11 Å². The molecule has 0 saturated heterocycles. The van der Waals surface area contributed by atoms with Crippen LogP contribution in [-0.4, -0.2) is 18.2 Å². The summed E-state index contributed by atoms with van der Waals surface area (Å²) in [4.78, 5) is 10.9. The van der Waals surface area contributed by atoms with Crippen molar-refractivity contribution in [3.8, 4) is 11.8 Å². The van der Waals surface area contributed by atoms with Gasteiger partial charge in [-0.05, 0) is 29.8 Å². The topological polar surface area (TPSA) is 82.3 Å². The lowest BCUT2D eigenvalue weighted by molar-refractivity contribution is 0.0697. The molecule has 2 rings (SSSR count). The fraction of sp³-hybridized carbons (Fsp3) is 0.125. The van der Waals surface area contributed by atoms with Crippen LogP contribution >= 0.6 is 0 Å². The maximum Gasteiger partial charge on any atom is 0.335 e. The van der Waals surface area contributed by atoms with E-state index in [1.54, 1.807) is 36.4 Å². The molecule has 0 atom stereocenters. The van der Waals surface area contributed by atoms with Crippen molar-refractivity contribution >= 4 is 11.7 Å². The minimum atomic E-state index is -0.951. The highest BCUT2D eigenvalue weighted by atomic mass is 16.5. The first-order valence-electron chi connectivity index (χ1n) is 6.28. The van der Waals surface area contributed by atoms with Crippen LogP contribution in [0.5, 0.6) is 5.75 Å². The Hall–Kier alpha value is -3.00. The molecule has 0 bridgehead atoms. The van der Waals surface area contributed by atoms with Crippen LogP contribution < -0.4 is 10.1 Å². The Balaban J connectivity index is 2.15. The van der Waals surface area contributed by atoms with Gasteiger partial charge in [-0.3, -0.25) is 0 Å². The van der Waals surface area contributed by atoms with Crippen LogP contribution in [0, 0.1) is 11.3 Å². The van der Waals surface area contributed by atoms with E-state index in [1.807, 2.05) is 12.1 Å². The highest BCUT2D eigenvalue weighted by molar-refractivity contribution is 5.87. The zero-order chi connectivity index (χ0) is 15.2. The first-order valence-corrected chi connectivity index (χ1v) is 6.28. The first-order chi connectivity index (χ1) is 10.1. The maximum atomic E-state index is 10.9. The van der Waals surface area contributed by atoms with Gasteiger partial charge in [-0.1, -0.05) is 12.1 Å². The smallest absolute Gasteiger partial charge is 0.335 e. The molecule has 0 aliphatic carbocycles. The Morgan fingerprint density at radius 3 is 2.81 bits per heavy atom. The number of nitrogens with zero attached hydrogens (tertiary/aromatic N) is 1. The van der Waals surface area contributed by atoms with Crippen molar-refractivity contribution in [2.24, 2.45) is 0 Å². The summed E-state index contributed by atoms with van der Waals surface area (Å²) < 4.78 is 5.23. The molecule has 0 spiro atoms. The second kappa shape index (κ2) is 6.44. The third kappa shape index (κ3) is 3.51. The van der Waals surface area contributed by atoms with Gasteiger partial charge in [0.05, 0.1) is 30.0 Å². The Labute approximate surface area is 122 Å². The summed E-state index contributed by atoms with van der Waals surface area (Å²) in [5.74, 6) is -0.378. The van der Waals surface area contributed by atoms with Crippen molar-refractivity contribution in [2.45, 2.75) is 6.54 Å². The molecule has 0 aliphatic heterocycles. The van der Waals surface area contributed by atoms with E-state index in [0.717, 1.165) is 11.3 Å². The molecule has 0 aliphatic rings. The summed E-state index contributed by atoms with van der Waals surface area (Å²) in [6, 6.07) is 13.9. The lowest BCUT2D eigenvalue weighted by atomic mass is 10.1. The minimum Gasteiger partial charge on any atom is -0.495 e. The van der Waals surface area contributed by atoms with Crippen LogP contribution in [0.4, 0.5) is 5.69 Å². The van der Waals surface area contributed by atoms with Crippen LogP contribution in [0.1, 0.15) is 21.5 Å². The van der Waals surface area contributed by atoms with Crippen LogP contribution in [0.25, 0.3) is 0 Å². The number of nitriles is 1. The van der Waals surface area contributed by atoms with Crippen molar-refractivity contribution in [2.75, 3.05) is 12.4 Å². The first kappa shape index (κ1) is 14.4. The van der Waals surface area contributed by atoms with Gasteiger partial charge in [0.2, 0.25) is 0 Å². The van der Waals surface area contributed by atoms with Crippen LogP contribution in [-0.2, 0) is 6.54 Å². The molecule has 0 unspecified atom stereocenters. The van der Waals surface area contributed by atoms with Gasteiger partial charge < -0.3 is 15.2 Å². The van der Waals surface area contributed by atoms with Gasteiger partial charge in [-0.25, -0.2) is 4.79 Å². The van der Waals surface area contributed by atoms with Gasteiger partial charge in [0.15, 0.2) is 0 Å². The Bertz CT molecular complexity index is 705. The Morgan fingerprint density at radius 1 is 1.33 bits per heavy atom. The predicted molar refractivity (Wildman–Crippen MR) is 78.4 cm³/mol. The Kier molecular flexibility index (Phi) is 4.42. The number of benzene rings is 2.